The maximum Gasteiger partial charge on any atom is 0.253 e. The Kier molecular flexibility index (Phi) is 4.54. The highest BCUT2D eigenvalue weighted by atomic mass is 35.5. The molecule has 0 bridgehead atoms. The van der Waals surface area contributed by atoms with Crippen LogP contribution in [0.2, 0.25) is 0 Å². The molecule has 0 aromatic carbocycles. The molecular formula is C16H19ClN6O2. The number of halogens is 1. The zero-order valence-corrected chi connectivity index (χ0v) is 14.4. The van der Waals surface area contributed by atoms with E-state index in [2.05, 4.69) is 25.6 Å². The first-order valence-corrected chi connectivity index (χ1v) is 9.00. The predicted octanol–water partition coefficient (Wildman–Crippen LogP) is 1.71. The van der Waals surface area contributed by atoms with Crippen molar-refractivity contribution < 1.29 is 4.42 Å². The largest absolute Gasteiger partial charge is 0.421 e. The van der Waals surface area contributed by atoms with Crippen LogP contribution in [0.1, 0.15) is 36.8 Å². The summed E-state index contributed by atoms with van der Waals surface area (Å²) in [5.41, 5.74) is 2.00. The number of hydrogen-bond donors (Lipinski definition) is 2. The summed E-state index contributed by atoms with van der Waals surface area (Å²) in [4.78, 5) is 15.0. The topological polar surface area (TPSA) is 101 Å². The van der Waals surface area contributed by atoms with E-state index in [1.807, 2.05) is 0 Å². The van der Waals surface area contributed by atoms with Gasteiger partial charge in [-0.1, -0.05) is 0 Å². The Balaban J connectivity index is 1.75. The van der Waals surface area contributed by atoms with Crippen LogP contribution < -0.4 is 10.9 Å². The van der Waals surface area contributed by atoms with Gasteiger partial charge in [0.2, 0.25) is 5.89 Å². The molecule has 1 saturated heterocycles. The van der Waals surface area contributed by atoms with E-state index in [1.165, 1.54) is 0 Å². The number of aromatic amines is 1. The average molecular weight is 363 g/mol. The summed E-state index contributed by atoms with van der Waals surface area (Å²) in [5.74, 6) is 1.74. The van der Waals surface area contributed by atoms with Crippen molar-refractivity contribution in [3.63, 3.8) is 0 Å². The molecule has 3 aromatic heterocycles. The smallest absolute Gasteiger partial charge is 0.253 e. The van der Waals surface area contributed by atoms with Gasteiger partial charge in [0.05, 0.1) is 11.9 Å². The van der Waals surface area contributed by atoms with Gasteiger partial charge in [0.1, 0.15) is 11.2 Å². The van der Waals surface area contributed by atoms with Crippen molar-refractivity contribution in [3.8, 4) is 11.5 Å². The molecule has 0 radical (unpaired) electrons. The van der Waals surface area contributed by atoms with Gasteiger partial charge in [0.15, 0.2) is 0 Å². The SMILES string of the molecule is O=c1cc(C2CCNCC2)n2ncc(-c3nnc(CCCCl)o3)c2[nH]1. The molecule has 0 atom stereocenters. The van der Waals surface area contributed by atoms with Crippen molar-refractivity contribution in [2.24, 2.45) is 0 Å². The lowest BCUT2D eigenvalue weighted by molar-refractivity contribution is 0.446. The fourth-order valence-electron chi connectivity index (χ4n) is 3.26. The lowest BCUT2D eigenvalue weighted by atomic mass is 9.94. The molecule has 0 unspecified atom stereocenters. The van der Waals surface area contributed by atoms with Gasteiger partial charge in [0, 0.05) is 24.3 Å². The Morgan fingerprint density at radius 3 is 2.96 bits per heavy atom. The lowest BCUT2D eigenvalue weighted by Crippen LogP contribution is -2.28. The summed E-state index contributed by atoms with van der Waals surface area (Å²) in [5, 5.41) is 15.9. The van der Waals surface area contributed by atoms with Crippen molar-refractivity contribution in [1.82, 2.24) is 30.1 Å². The molecule has 0 saturated carbocycles. The van der Waals surface area contributed by atoms with Crippen molar-refractivity contribution in [2.75, 3.05) is 19.0 Å². The molecule has 1 fully saturated rings. The van der Waals surface area contributed by atoms with Crippen LogP contribution in [0.25, 0.3) is 17.1 Å². The third-order valence-electron chi connectivity index (χ3n) is 4.51. The molecule has 1 aliphatic heterocycles. The number of piperidine rings is 1. The first-order chi connectivity index (χ1) is 12.3. The van der Waals surface area contributed by atoms with Crippen LogP contribution in [-0.2, 0) is 6.42 Å². The Hall–Kier alpha value is -2.19. The van der Waals surface area contributed by atoms with E-state index in [9.17, 15) is 4.79 Å². The van der Waals surface area contributed by atoms with E-state index in [0.29, 0.717) is 41.2 Å². The summed E-state index contributed by atoms with van der Waals surface area (Å²) in [7, 11) is 0. The molecule has 0 amide bonds. The molecule has 2 N–H and O–H groups in total. The average Bonchev–Trinajstić information content (AvgIpc) is 3.26. The molecule has 132 valence electrons. The fraction of sp³-hybridized carbons (Fsp3) is 0.500. The molecule has 0 aliphatic carbocycles. The predicted molar refractivity (Wildman–Crippen MR) is 93.0 cm³/mol. The highest BCUT2D eigenvalue weighted by Crippen LogP contribution is 2.27. The quantitative estimate of drug-likeness (QED) is 0.670. The van der Waals surface area contributed by atoms with Crippen molar-refractivity contribution in [1.29, 1.82) is 0 Å². The number of fused-ring (bicyclic) bond motifs is 1. The summed E-state index contributed by atoms with van der Waals surface area (Å²) in [6.07, 6.45) is 5.03. The number of rotatable bonds is 5. The maximum absolute atomic E-state index is 12.2. The number of nitrogens with one attached hydrogen (secondary N) is 2. The van der Waals surface area contributed by atoms with Gasteiger partial charge in [0.25, 0.3) is 11.4 Å². The minimum atomic E-state index is -0.148. The second-order valence-corrected chi connectivity index (χ2v) is 6.57. The van der Waals surface area contributed by atoms with E-state index >= 15 is 0 Å². The van der Waals surface area contributed by atoms with Crippen molar-refractivity contribution in [3.05, 3.63) is 34.2 Å². The lowest BCUT2D eigenvalue weighted by Gasteiger charge is -2.23. The van der Waals surface area contributed by atoms with Crippen LogP contribution in [0.3, 0.4) is 0 Å². The number of alkyl halides is 1. The highest BCUT2D eigenvalue weighted by molar-refractivity contribution is 6.17. The maximum atomic E-state index is 12.2. The second kappa shape index (κ2) is 6.97. The number of aryl methyl sites for hydroxylation is 1. The van der Waals surface area contributed by atoms with Crippen LogP contribution in [0.15, 0.2) is 21.5 Å². The molecular weight excluding hydrogens is 344 g/mol. The van der Waals surface area contributed by atoms with Gasteiger partial charge in [-0.2, -0.15) is 5.10 Å². The van der Waals surface area contributed by atoms with E-state index in [1.54, 1.807) is 16.8 Å². The molecule has 3 aromatic rings. The third kappa shape index (κ3) is 3.19. The zero-order valence-electron chi connectivity index (χ0n) is 13.7. The van der Waals surface area contributed by atoms with Crippen LogP contribution in [0, 0.1) is 0 Å². The van der Waals surface area contributed by atoms with Crippen LogP contribution in [0.4, 0.5) is 0 Å². The Bertz CT molecular complexity index is 924. The number of nitrogens with zero attached hydrogens (tertiary/aromatic N) is 4. The van der Waals surface area contributed by atoms with E-state index in [-0.39, 0.29) is 5.56 Å². The van der Waals surface area contributed by atoms with Gasteiger partial charge in [-0.3, -0.25) is 4.79 Å². The molecule has 1 aliphatic rings. The van der Waals surface area contributed by atoms with Crippen LogP contribution in [-0.4, -0.2) is 43.8 Å². The number of aromatic nitrogens is 5. The minimum absolute atomic E-state index is 0.148. The Labute approximate surface area is 148 Å². The summed E-state index contributed by atoms with van der Waals surface area (Å²) in [6.45, 7) is 1.89. The normalized spacial score (nSPS) is 15.9. The molecule has 9 heteroatoms. The minimum Gasteiger partial charge on any atom is -0.421 e. The summed E-state index contributed by atoms with van der Waals surface area (Å²) < 4.78 is 7.48. The van der Waals surface area contributed by atoms with Gasteiger partial charge >= 0.3 is 0 Å². The van der Waals surface area contributed by atoms with Gasteiger partial charge in [-0.05, 0) is 32.4 Å². The van der Waals surface area contributed by atoms with Gasteiger partial charge < -0.3 is 14.7 Å². The molecule has 25 heavy (non-hydrogen) atoms. The molecule has 8 nitrogen and oxygen atoms in total. The van der Waals surface area contributed by atoms with Crippen LogP contribution in [0.5, 0.6) is 0 Å². The Morgan fingerprint density at radius 2 is 2.16 bits per heavy atom. The molecule has 4 rings (SSSR count). The summed E-state index contributed by atoms with van der Waals surface area (Å²) in [6, 6.07) is 1.64. The van der Waals surface area contributed by atoms with E-state index in [0.717, 1.165) is 38.0 Å². The molecule has 4 heterocycles. The van der Waals surface area contributed by atoms with Crippen LogP contribution >= 0.6 is 11.6 Å². The summed E-state index contributed by atoms with van der Waals surface area (Å²) >= 11 is 5.70. The number of hydrogen-bond acceptors (Lipinski definition) is 6. The number of H-pyrrole nitrogens is 1. The van der Waals surface area contributed by atoms with E-state index in [4.69, 9.17) is 16.0 Å². The van der Waals surface area contributed by atoms with Crippen molar-refractivity contribution in [2.45, 2.75) is 31.6 Å². The zero-order chi connectivity index (χ0) is 17.2. The van der Waals surface area contributed by atoms with Crippen molar-refractivity contribution >= 4 is 17.2 Å². The van der Waals surface area contributed by atoms with E-state index < -0.39 is 0 Å². The standard InChI is InChI=1S/C16H19ClN6O2/c17-5-1-2-14-21-22-16(25-14)11-9-19-23-12(8-13(24)20-15(11)23)10-3-6-18-7-4-10/h8-10,18H,1-7H2,(H,20,24). The third-order valence-corrected chi connectivity index (χ3v) is 4.78. The first kappa shape index (κ1) is 16.3. The van der Waals surface area contributed by atoms with Gasteiger partial charge in [-0.15, -0.1) is 21.8 Å². The highest BCUT2D eigenvalue weighted by Gasteiger charge is 2.22. The second-order valence-electron chi connectivity index (χ2n) is 6.19. The Morgan fingerprint density at radius 1 is 1.32 bits per heavy atom. The molecule has 0 spiro atoms. The monoisotopic (exact) mass is 362 g/mol. The van der Waals surface area contributed by atoms with Gasteiger partial charge in [-0.25, -0.2) is 4.52 Å². The fourth-order valence-corrected chi connectivity index (χ4v) is 3.39. The first-order valence-electron chi connectivity index (χ1n) is 8.46.